The van der Waals surface area contributed by atoms with Crippen LogP contribution in [0.3, 0.4) is 0 Å². The molecule has 0 spiro atoms. The Hall–Kier alpha value is -2.77. The number of anilines is 2. The van der Waals surface area contributed by atoms with Crippen molar-refractivity contribution in [2.75, 3.05) is 43.6 Å². The summed E-state index contributed by atoms with van der Waals surface area (Å²) in [6, 6.07) is 12.4. The van der Waals surface area contributed by atoms with Gasteiger partial charge in [0.05, 0.1) is 24.4 Å². The van der Waals surface area contributed by atoms with E-state index in [2.05, 4.69) is 43.4 Å². The highest BCUT2D eigenvalue weighted by Crippen LogP contribution is 2.27. The van der Waals surface area contributed by atoms with Gasteiger partial charge in [0.1, 0.15) is 5.82 Å². The first kappa shape index (κ1) is 18.6. The predicted molar refractivity (Wildman–Crippen MR) is 110 cm³/mol. The second-order valence-electron chi connectivity index (χ2n) is 7.07. The van der Waals surface area contributed by atoms with Crippen LogP contribution in [0.15, 0.2) is 42.6 Å². The molecule has 7 nitrogen and oxygen atoms in total. The number of nitrogens with zero attached hydrogens (tertiary/aromatic N) is 4. The van der Waals surface area contributed by atoms with E-state index in [0.29, 0.717) is 19.1 Å². The molecule has 0 radical (unpaired) electrons. The van der Waals surface area contributed by atoms with Crippen LogP contribution in [0.5, 0.6) is 0 Å². The summed E-state index contributed by atoms with van der Waals surface area (Å²) in [5.74, 6) is 1.68. The Morgan fingerprint density at radius 2 is 2.18 bits per heavy atom. The summed E-state index contributed by atoms with van der Waals surface area (Å²) in [5.41, 5.74) is 3.17. The number of aromatic nitrogens is 3. The smallest absolute Gasteiger partial charge is 0.224 e. The van der Waals surface area contributed by atoms with Crippen molar-refractivity contribution >= 4 is 22.7 Å². The van der Waals surface area contributed by atoms with Crippen molar-refractivity contribution in [3.05, 3.63) is 53.9 Å². The molecule has 1 aromatic carbocycles. The number of aliphatic hydroxyl groups excluding tert-OH is 1. The molecule has 3 aromatic rings. The van der Waals surface area contributed by atoms with Gasteiger partial charge in [-0.3, -0.25) is 4.98 Å². The van der Waals surface area contributed by atoms with Gasteiger partial charge in [-0.1, -0.05) is 12.1 Å². The molecule has 1 atom stereocenters. The lowest BCUT2D eigenvalue weighted by Gasteiger charge is -2.21. The third kappa shape index (κ3) is 4.21. The highest BCUT2D eigenvalue weighted by Gasteiger charge is 2.21. The van der Waals surface area contributed by atoms with Crippen LogP contribution in [0.2, 0.25) is 0 Å². The summed E-state index contributed by atoms with van der Waals surface area (Å²) in [6.07, 6.45) is 2.78. The summed E-state index contributed by atoms with van der Waals surface area (Å²) in [7, 11) is 2.03. The van der Waals surface area contributed by atoms with E-state index in [4.69, 9.17) is 9.84 Å². The van der Waals surface area contributed by atoms with Crippen molar-refractivity contribution in [1.29, 1.82) is 0 Å². The van der Waals surface area contributed by atoms with Crippen molar-refractivity contribution in [3.8, 4) is 0 Å². The summed E-state index contributed by atoms with van der Waals surface area (Å²) in [4.78, 5) is 15.8. The third-order valence-electron chi connectivity index (χ3n) is 4.95. The van der Waals surface area contributed by atoms with Crippen LogP contribution < -0.4 is 10.2 Å². The topological polar surface area (TPSA) is 83.4 Å². The first-order chi connectivity index (χ1) is 13.7. The van der Waals surface area contributed by atoms with Crippen molar-refractivity contribution < 1.29 is 9.84 Å². The molecule has 4 rings (SSSR count). The lowest BCUT2D eigenvalue weighted by molar-refractivity contribution is 0.193. The molecular weight excluding hydrogens is 354 g/mol. The SMILES string of the molecule is CN(Cc1ccc2ncccc2c1)c1cc(C2CCOC2)nc(NCCO)n1. The molecule has 0 amide bonds. The number of hydrogen-bond acceptors (Lipinski definition) is 7. The lowest BCUT2D eigenvalue weighted by atomic mass is 10.0. The van der Waals surface area contributed by atoms with Crippen LogP contribution in [0.4, 0.5) is 11.8 Å². The number of pyridine rings is 1. The van der Waals surface area contributed by atoms with Crippen LogP contribution in [-0.2, 0) is 11.3 Å². The molecule has 7 heteroatoms. The molecule has 1 aliphatic heterocycles. The summed E-state index contributed by atoms with van der Waals surface area (Å²) in [5, 5.41) is 13.3. The molecule has 146 valence electrons. The predicted octanol–water partition coefficient (Wildman–Crippen LogP) is 2.57. The van der Waals surface area contributed by atoms with E-state index in [9.17, 15) is 0 Å². The maximum Gasteiger partial charge on any atom is 0.224 e. The average Bonchev–Trinajstić information content (AvgIpc) is 3.27. The largest absolute Gasteiger partial charge is 0.395 e. The van der Waals surface area contributed by atoms with Crippen molar-refractivity contribution in [1.82, 2.24) is 15.0 Å². The van der Waals surface area contributed by atoms with E-state index in [-0.39, 0.29) is 12.5 Å². The zero-order valence-electron chi connectivity index (χ0n) is 16.0. The Labute approximate surface area is 164 Å². The van der Waals surface area contributed by atoms with Crippen LogP contribution >= 0.6 is 0 Å². The Kier molecular flexibility index (Phi) is 5.64. The van der Waals surface area contributed by atoms with E-state index in [1.807, 2.05) is 31.4 Å². The quantitative estimate of drug-likeness (QED) is 0.653. The summed E-state index contributed by atoms with van der Waals surface area (Å²) >= 11 is 0. The van der Waals surface area contributed by atoms with Crippen LogP contribution in [0.25, 0.3) is 10.9 Å². The zero-order chi connectivity index (χ0) is 19.3. The van der Waals surface area contributed by atoms with Crippen LogP contribution in [0.1, 0.15) is 23.6 Å². The monoisotopic (exact) mass is 379 g/mol. The van der Waals surface area contributed by atoms with Crippen molar-refractivity contribution in [2.45, 2.75) is 18.9 Å². The number of fused-ring (bicyclic) bond motifs is 1. The first-order valence-corrected chi connectivity index (χ1v) is 9.59. The number of benzene rings is 1. The van der Waals surface area contributed by atoms with Gasteiger partial charge in [-0.25, -0.2) is 4.98 Å². The molecule has 1 saturated heterocycles. The van der Waals surface area contributed by atoms with Gasteiger partial charge in [0.15, 0.2) is 0 Å². The highest BCUT2D eigenvalue weighted by atomic mass is 16.5. The molecular formula is C21H25N5O2. The molecule has 1 fully saturated rings. The van der Waals surface area contributed by atoms with Gasteiger partial charge in [-0.05, 0) is 30.2 Å². The standard InChI is InChI=1S/C21H25N5O2/c1-26(13-15-4-5-18-16(11-15)3-2-7-22-18)20-12-19(17-6-10-28-14-17)24-21(25-20)23-8-9-27/h2-5,7,11-12,17,27H,6,8-10,13-14H2,1H3,(H,23,24,25). The van der Waals surface area contributed by atoms with Gasteiger partial charge >= 0.3 is 0 Å². The third-order valence-corrected chi connectivity index (χ3v) is 4.95. The van der Waals surface area contributed by atoms with Crippen molar-refractivity contribution in [3.63, 3.8) is 0 Å². The van der Waals surface area contributed by atoms with Crippen LogP contribution in [0, 0.1) is 0 Å². The van der Waals surface area contributed by atoms with Gasteiger partial charge in [0.2, 0.25) is 5.95 Å². The first-order valence-electron chi connectivity index (χ1n) is 9.59. The Bertz CT molecular complexity index is 943. The summed E-state index contributed by atoms with van der Waals surface area (Å²) in [6.45, 7) is 2.64. The van der Waals surface area contributed by atoms with E-state index in [1.165, 1.54) is 5.56 Å². The molecule has 0 saturated carbocycles. The van der Waals surface area contributed by atoms with Gasteiger partial charge in [-0.15, -0.1) is 0 Å². The Balaban J connectivity index is 1.58. The summed E-state index contributed by atoms with van der Waals surface area (Å²) < 4.78 is 5.53. The maximum absolute atomic E-state index is 9.11. The molecule has 0 bridgehead atoms. The number of hydrogen-bond donors (Lipinski definition) is 2. The Morgan fingerprint density at radius 1 is 1.25 bits per heavy atom. The fourth-order valence-corrected chi connectivity index (χ4v) is 3.45. The zero-order valence-corrected chi connectivity index (χ0v) is 16.0. The fraction of sp³-hybridized carbons (Fsp3) is 0.381. The van der Waals surface area contributed by atoms with Gasteiger partial charge in [0.25, 0.3) is 0 Å². The normalized spacial score (nSPS) is 16.4. The van der Waals surface area contributed by atoms with E-state index < -0.39 is 0 Å². The number of aliphatic hydroxyl groups is 1. The Morgan fingerprint density at radius 3 is 3.00 bits per heavy atom. The fourth-order valence-electron chi connectivity index (χ4n) is 3.45. The van der Waals surface area contributed by atoms with E-state index in [0.717, 1.165) is 42.0 Å². The molecule has 1 aliphatic rings. The molecule has 2 aromatic heterocycles. The average molecular weight is 379 g/mol. The van der Waals surface area contributed by atoms with Gasteiger partial charge in [-0.2, -0.15) is 4.98 Å². The minimum absolute atomic E-state index is 0.0381. The van der Waals surface area contributed by atoms with Crippen LogP contribution in [-0.4, -0.2) is 53.5 Å². The lowest BCUT2D eigenvalue weighted by Crippen LogP contribution is -2.20. The molecule has 0 aliphatic carbocycles. The second kappa shape index (κ2) is 8.50. The molecule has 3 heterocycles. The molecule has 28 heavy (non-hydrogen) atoms. The highest BCUT2D eigenvalue weighted by molar-refractivity contribution is 5.79. The molecule has 2 N–H and O–H groups in total. The maximum atomic E-state index is 9.11. The van der Waals surface area contributed by atoms with E-state index >= 15 is 0 Å². The van der Waals surface area contributed by atoms with E-state index in [1.54, 1.807) is 0 Å². The van der Waals surface area contributed by atoms with Gasteiger partial charge < -0.3 is 20.1 Å². The minimum atomic E-state index is 0.0381. The second-order valence-corrected chi connectivity index (χ2v) is 7.07. The number of nitrogens with one attached hydrogen (secondary N) is 1. The molecule has 1 unspecified atom stereocenters. The van der Waals surface area contributed by atoms with Gasteiger partial charge in [0, 0.05) is 50.3 Å². The minimum Gasteiger partial charge on any atom is -0.395 e. The van der Waals surface area contributed by atoms with Crippen molar-refractivity contribution in [2.24, 2.45) is 0 Å². The number of rotatable bonds is 7. The number of ether oxygens (including phenoxy) is 1.